The van der Waals surface area contributed by atoms with Crippen LogP contribution in [0, 0.1) is 3.57 Å². The molecule has 1 aromatic heterocycles. The van der Waals surface area contributed by atoms with Gasteiger partial charge in [-0.25, -0.2) is 9.78 Å². The largest absolute Gasteiger partial charge is 0.467 e. The van der Waals surface area contributed by atoms with Crippen LogP contribution in [0.2, 0.25) is 0 Å². The summed E-state index contributed by atoms with van der Waals surface area (Å²) in [6, 6.07) is 18.0. The van der Waals surface area contributed by atoms with Crippen LogP contribution in [0.1, 0.15) is 16.1 Å². The number of carbonyl (C=O) groups is 2. The molecule has 6 heteroatoms. The lowest BCUT2D eigenvalue weighted by Crippen LogP contribution is -2.43. The molecule has 0 unspecified atom stereocenters. The highest BCUT2D eigenvalue weighted by Gasteiger charge is 2.24. The molecule has 0 saturated carbocycles. The fourth-order valence-corrected chi connectivity index (χ4v) is 3.25. The molecular weight excluding hydrogens is 443 g/mol. The molecule has 1 N–H and O–H groups in total. The first-order valence-corrected chi connectivity index (χ1v) is 9.14. The van der Waals surface area contributed by atoms with Gasteiger partial charge in [0.1, 0.15) is 11.7 Å². The molecule has 0 aliphatic carbocycles. The fraction of sp³-hybridized carbons (Fsp3) is 0.150. The third-order valence-corrected chi connectivity index (χ3v) is 5.06. The molecule has 0 bridgehead atoms. The summed E-state index contributed by atoms with van der Waals surface area (Å²) in [4.78, 5) is 29.1. The van der Waals surface area contributed by atoms with Gasteiger partial charge in [0.2, 0.25) is 0 Å². The number of carbonyl (C=O) groups excluding carboxylic acids is 2. The average molecular weight is 460 g/mol. The number of esters is 1. The van der Waals surface area contributed by atoms with Crippen LogP contribution in [0.3, 0.4) is 0 Å². The zero-order valence-corrected chi connectivity index (χ0v) is 16.3. The second-order valence-corrected chi connectivity index (χ2v) is 6.90. The molecule has 0 aliphatic rings. The number of amides is 1. The smallest absolute Gasteiger partial charge is 0.328 e. The summed E-state index contributed by atoms with van der Waals surface area (Å²) in [5.41, 5.74) is 1.96. The maximum Gasteiger partial charge on any atom is 0.328 e. The number of hydrogen-bond acceptors (Lipinski definition) is 4. The van der Waals surface area contributed by atoms with Gasteiger partial charge in [-0.05, 0) is 46.4 Å². The number of ether oxygens (including phenoxy) is 1. The molecule has 26 heavy (non-hydrogen) atoms. The third-order valence-electron chi connectivity index (χ3n) is 4.00. The number of hydrogen-bond donors (Lipinski definition) is 1. The second kappa shape index (κ2) is 8.27. The van der Waals surface area contributed by atoms with E-state index in [-0.39, 0.29) is 5.69 Å². The highest BCUT2D eigenvalue weighted by atomic mass is 127. The maximum absolute atomic E-state index is 12.6. The normalized spacial score (nSPS) is 11.8. The Balaban J connectivity index is 1.82. The SMILES string of the molecule is COC(=O)[C@@H](Cc1ccccc1I)NC(=O)c1ccc2ccccc2n1. The maximum atomic E-state index is 12.6. The molecule has 2 aromatic carbocycles. The van der Waals surface area contributed by atoms with E-state index in [0.717, 1.165) is 20.0 Å². The molecule has 1 amide bonds. The first-order chi connectivity index (χ1) is 12.6. The number of nitrogens with one attached hydrogen (secondary N) is 1. The fourth-order valence-electron chi connectivity index (χ4n) is 2.64. The molecule has 0 aliphatic heterocycles. The second-order valence-electron chi connectivity index (χ2n) is 5.73. The van der Waals surface area contributed by atoms with E-state index in [9.17, 15) is 9.59 Å². The number of fused-ring (bicyclic) bond motifs is 1. The van der Waals surface area contributed by atoms with Crippen molar-refractivity contribution in [1.82, 2.24) is 10.3 Å². The van der Waals surface area contributed by atoms with Crippen LogP contribution in [-0.4, -0.2) is 30.0 Å². The number of halogens is 1. The summed E-state index contributed by atoms with van der Waals surface area (Å²) < 4.78 is 5.88. The molecule has 0 spiro atoms. The van der Waals surface area contributed by atoms with E-state index in [4.69, 9.17) is 4.74 Å². The van der Waals surface area contributed by atoms with Gasteiger partial charge in [0.05, 0.1) is 12.6 Å². The highest BCUT2D eigenvalue weighted by Crippen LogP contribution is 2.15. The third kappa shape index (κ3) is 4.19. The van der Waals surface area contributed by atoms with Crippen molar-refractivity contribution in [2.45, 2.75) is 12.5 Å². The van der Waals surface area contributed by atoms with Crippen molar-refractivity contribution in [1.29, 1.82) is 0 Å². The minimum absolute atomic E-state index is 0.264. The van der Waals surface area contributed by atoms with Gasteiger partial charge in [-0.1, -0.05) is 42.5 Å². The molecule has 0 saturated heterocycles. The zero-order valence-electron chi connectivity index (χ0n) is 14.1. The Bertz CT molecular complexity index is 958. The average Bonchev–Trinajstić information content (AvgIpc) is 2.68. The summed E-state index contributed by atoms with van der Waals surface area (Å²) in [5, 5.41) is 3.70. The topological polar surface area (TPSA) is 68.3 Å². The molecular formula is C20H17IN2O3. The number of methoxy groups -OCH3 is 1. The Labute approximate surface area is 164 Å². The zero-order chi connectivity index (χ0) is 18.5. The Morgan fingerprint density at radius 2 is 1.81 bits per heavy atom. The number of aromatic nitrogens is 1. The predicted octanol–water partition coefficient (Wildman–Crippen LogP) is 3.35. The van der Waals surface area contributed by atoms with Gasteiger partial charge in [0.25, 0.3) is 5.91 Å². The highest BCUT2D eigenvalue weighted by molar-refractivity contribution is 14.1. The van der Waals surface area contributed by atoms with Crippen molar-refractivity contribution in [3.8, 4) is 0 Å². The van der Waals surface area contributed by atoms with Gasteiger partial charge >= 0.3 is 5.97 Å². The van der Waals surface area contributed by atoms with Crippen LogP contribution in [0.25, 0.3) is 10.9 Å². The molecule has 3 aromatic rings. The first-order valence-electron chi connectivity index (χ1n) is 8.06. The molecule has 1 atom stereocenters. The van der Waals surface area contributed by atoms with E-state index in [1.807, 2.05) is 54.6 Å². The van der Waals surface area contributed by atoms with Gasteiger partial charge in [0, 0.05) is 15.4 Å². The van der Waals surface area contributed by atoms with E-state index < -0.39 is 17.9 Å². The van der Waals surface area contributed by atoms with E-state index >= 15 is 0 Å². The van der Waals surface area contributed by atoms with Crippen LogP contribution < -0.4 is 5.32 Å². The monoisotopic (exact) mass is 460 g/mol. The summed E-state index contributed by atoms with van der Waals surface area (Å²) >= 11 is 2.21. The summed E-state index contributed by atoms with van der Waals surface area (Å²) in [5.74, 6) is -0.893. The molecule has 5 nitrogen and oxygen atoms in total. The lowest BCUT2D eigenvalue weighted by molar-refractivity contribution is -0.142. The van der Waals surface area contributed by atoms with Crippen LogP contribution in [-0.2, 0) is 16.0 Å². The summed E-state index contributed by atoms with van der Waals surface area (Å²) in [6.07, 6.45) is 0.352. The Hall–Kier alpha value is -2.48. The van der Waals surface area contributed by atoms with Gasteiger partial charge in [-0.15, -0.1) is 0 Å². The Morgan fingerprint density at radius 1 is 1.08 bits per heavy atom. The molecule has 0 fully saturated rings. The minimum Gasteiger partial charge on any atom is -0.467 e. The van der Waals surface area contributed by atoms with E-state index in [1.54, 1.807) is 6.07 Å². The summed E-state index contributed by atoms with van der Waals surface area (Å²) in [6.45, 7) is 0. The van der Waals surface area contributed by atoms with Crippen molar-refractivity contribution in [2.24, 2.45) is 0 Å². The van der Waals surface area contributed by atoms with Gasteiger partial charge in [-0.2, -0.15) is 0 Å². The van der Waals surface area contributed by atoms with Crippen LogP contribution in [0.5, 0.6) is 0 Å². The number of rotatable bonds is 5. The number of para-hydroxylation sites is 1. The quantitative estimate of drug-likeness (QED) is 0.469. The lowest BCUT2D eigenvalue weighted by atomic mass is 10.1. The summed E-state index contributed by atoms with van der Waals surface area (Å²) in [7, 11) is 1.31. The lowest BCUT2D eigenvalue weighted by Gasteiger charge is -2.17. The van der Waals surface area contributed by atoms with Crippen LogP contribution in [0.15, 0.2) is 60.7 Å². The van der Waals surface area contributed by atoms with Crippen molar-refractivity contribution >= 4 is 45.4 Å². The predicted molar refractivity (Wildman–Crippen MR) is 108 cm³/mol. The molecule has 0 radical (unpaired) electrons. The number of pyridine rings is 1. The van der Waals surface area contributed by atoms with Crippen molar-refractivity contribution < 1.29 is 14.3 Å². The van der Waals surface area contributed by atoms with Crippen LogP contribution >= 0.6 is 22.6 Å². The van der Waals surface area contributed by atoms with Crippen molar-refractivity contribution in [3.63, 3.8) is 0 Å². The van der Waals surface area contributed by atoms with Gasteiger partial charge in [0.15, 0.2) is 0 Å². The minimum atomic E-state index is -0.781. The van der Waals surface area contributed by atoms with E-state index in [2.05, 4.69) is 32.9 Å². The number of benzene rings is 2. The Morgan fingerprint density at radius 3 is 2.58 bits per heavy atom. The van der Waals surface area contributed by atoms with Crippen molar-refractivity contribution in [2.75, 3.05) is 7.11 Å². The van der Waals surface area contributed by atoms with Gasteiger partial charge < -0.3 is 10.1 Å². The molecule has 3 rings (SSSR count). The standard InChI is InChI=1S/C20H17IN2O3/c1-26-20(25)18(12-14-7-2-4-8-15(14)21)23-19(24)17-11-10-13-6-3-5-9-16(13)22-17/h2-11,18H,12H2,1H3,(H,23,24)/t18-/m1/s1. The van der Waals surface area contributed by atoms with E-state index in [1.165, 1.54) is 7.11 Å². The van der Waals surface area contributed by atoms with Gasteiger partial charge in [-0.3, -0.25) is 4.79 Å². The van der Waals surface area contributed by atoms with E-state index in [0.29, 0.717) is 6.42 Å². The number of nitrogens with zero attached hydrogens (tertiary/aromatic N) is 1. The first kappa shape index (κ1) is 18.3. The molecule has 1 heterocycles. The Kier molecular flexibility index (Phi) is 5.82. The van der Waals surface area contributed by atoms with Crippen molar-refractivity contribution in [3.05, 3.63) is 75.5 Å². The van der Waals surface area contributed by atoms with Crippen LogP contribution in [0.4, 0.5) is 0 Å². The molecule has 132 valence electrons.